The van der Waals surface area contributed by atoms with Gasteiger partial charge in [-0.15, -0.1) is 0 Å². The van der Waals surface area contributed by atoms with Gasteiger partial charge in [-0.3, -0.25) is 0 Å². The van der Waals surface area contributed by atoms with Gasteiger partial charge in [0.15, 0.2) is 0 Å². The van der Waals surface area contributed by atoms with Crippen molar-refractivity contribution in [1.82, 2.24) is 0 Å². The smallest absolute Gasteiger partial charge is 0.329 e. The Bertz CT molecular complexity index is 619. The number of benzene rings is 1. The molecule has 0 saturated heterocycles. The first-order valence-corrected chi connectivity index (χ1v) is 12.0. The second-order valence-corrected chi connectivity index (χ2v) is 7.15. The van der Waals surface area contributed by atoms with Crippen molar-refractivity contribution in [3.8, 4) is 5.75 Å². The summed E-state index contributed by atoms with van der Waals surface area (Å²) in [5.74, 6) is -0.229. The molecule has 36 heavy (non-hydrogen) atoms. The SMILES string of the molecule is Nc1ccc(OCCOCCOCCOCCOCCOCCOCCOCCOCC(=O)O)cc1. The molecular weight excluding hydrogens is 478 g/mol. The number of nitrogen functional groups attached to an aromatic ring is 1. The second kappa shape index (κ2) is 24.7. The summed E-state index contributed by atoms with van der Waals surface area (Å²) in [6.07, 6.45) is 0. The minimum absolute atomic E-state index is 0.244. The van der Waals surface area contributed by atoms with E-state index in [-0.39, 0.29) is 13.2 Å². The number of carboxylic acids is 1. The number of carboxylic acid groups (broad SMARTS) is 1. The highest BCUT2D eigenvalue weighted by Crippen LogP contribution is 2.12. The lowest BCUT2D eigenvalue weighted by molar-refractivity contribution is -0.142. The number of hydrogen-bond acceptors (Lipinski definition) is 11. The molecule has 0 aliphatic rings. The lowest BCUT2D eigenvalue weighted by Crippen LogP contribution is -2.15. The van der Waals surface area contributed by atoms with Gasteiger partial charge in [-0.25, -0.2) is 4.79 Å². The van der Waals surface area contributed by atoms with Crippen molar-refractivity contribution in [2.45, 2.75) is 0 Å². The molecule has 12 heteroatoms. The zero-order valence-corrected chi connectivity index (χ0v) is 20.9. The van der Waals surface area contributed by atoms with Gasteiger partial charge in [-0.2, -0.15) is 0 Å². The van der Waals surface area contributed by atoms with E-state index in [0.29, 0.717) is 105 Å². The molecule has 0 aliphatic carbocycles. The third kappa shape index (κ3) is 22.4. The van der Waals surface area contributed by atoms with Crippen molar-refractivity contribution in [3.63, 3.8) is 0 Å². The van der Waals surface area contributed by atoms with E-state index in [4.69, 9.17) is 53.5 Å². The van der Waals surface area contributed by atoms with Crippen LogP contribution in [0.5, 0.6) is 5.75 Å². The molecular formula is C24H41NO11. The summed E-state index contributed by atoms with van der Waals surface area (Å²) in [4.78, 5) is 10.2. The van der Waals surface area contributed by atoms with E-state index in [2.05, 4.69) is 0 Å². The van der Waals surface area contributed by atoms with Crippen LogP contribution >= 0.6 is 0 Å². The zero-order valence-electron chi connectivity index (χ0n) is 20.9. The van der Waals surface area contributed by atoms with Crippen LogP contribution in [0, 0.1) is 0 Å². The van der Waals surface area contributed by atoms with E-state index < -0.39 is 5.97 Å². The fourth-order valence-electron chi connectivity index (χ4n) is 2.48. The average Bonchev–Trinajstić information content (AvgIpc) is 2.87. The molecule has 3 N–H and O–H groups in total. The van der Waals surface area contributed by atoms with Crippen LogP contribution in [0.15, 0.2) is 24.3 Å². The van der Waals surface area contributed by atoms with Crippen LogP contribution in [-0.2, 0) is 42.7 Å². The Balaban J connectivity index is 1.66. The summed E-state index contributed by atoms with van der Waals surface area (Å²) in [5.41, 5.74) is 6.33. The maximum Gasteiger partial charge on any atom is 0.329 e. The van der Waals surface area contributed by atoms with Gasteiger partial charge in [0.05, 0.1) is 99.1 Å². The summed E-state index contributed by atoms with van der Waals surface area (Å²) in [7, 11) is 0. The van der Waals surface area contributed by atoms with Crippen LogP contribution in [-0.4, -0.2) is 123 Å². The Morgan fingerprint density at radius 3 is 1.17 bits per heavy atom. The van der Waals surface area contributed by atoms with Crippen molar-refractivity contribution < 1.29 is 52.5 Å². The number of nitrogens with two attached hydrogens (primary N) is 1. The number of anilines is 1. The fourth-order valence-corrected chi connectivity index (χ4v) is 2.48. The molecule has 1 aromatic rings. The molecule has 0 spiro atoms. The molecule has 0 saturated carbocycles. The maximum absolute atomic E-state index is 10.2. The van der Waals surface area contributed by atoms with Gasteiger partial charge in [-0.1, -0.05) is 0 Å². The van der Waals surface area contributed by atoms with Gasteiger partial charge >= 0.3 is 5.97 Å². The Kier molecular flexibility index (Phi) is 21.9. The van der Waals surface area contributed by atoms with Gasteiger partial charge < -0.3 is 53.5 Å². The Morgan fingerprint density at radius 2 is 0.833 bits per heavy atom. The van der Waals surface area contributed by atoms with E-state index in [0.717, 1.165) is 5.75 Å². The largest absolute Gasteiger partial charge is 0.491 e. The Hall–Kier alpha value is -2.03. The molecule has 0 aliphatic heterocycles. The molecule has 208 valence electrons. The van der Waals surface area contributed by atoms with Crippen LogP contribution in [0.1, 0.15) is 0 Å². The first kappa shape index (κ1) is 32.0. The molecule has 0 fully saturated rings. The minimum Gasteiger partial charge on any atom is -0.491 e. The number of rotatable bonds is 27. The second-order valence-electron chi connectivity index (χ2n) is 7.15. The Labute approximate surface area is 212 Å². The van der Waals surface area contributed by atoms with Crippen LogP contribution < -0.4 is 10.5 Å². The molecule has 0 bridgehead atoms. The highest BCUT2D eigenvalue weighted by Gasteiger charge is 1.97. The van der Waals surface area contributed by atoms with Crippen molar-refractivity contribution in [2.24, 2.45) is 0 Å². The molecule has 0 radical (unpaired) electrons. The first-order valence-electron chi connectivity index (χ1n) is 12.0. The zero-order chi connectivity index (χ0) is 25.9. The maximum atomic E-state index is 10.2. The molecule has 1 aromatic carbocycles. The van der Waals surface area contributed by atoms with Crippen molar-refractivity contribution in [3.05, 3.63) is 24.3 Å². The fraction of sp³-hybridized carbons (Fsp3) is 0.708. The normalized spacial score (nSPS) is 11.1. The van der Waals surface area contributed by atoms with Gasteiger partial charge in [0.25, 0.3) is 0 Å². The van der Waals surface area contributed by atoms with Crippen molar-refractivity contribution in [1.29, 1.82) is 0 Å². The summed E-state index contributed by atoms with van der Waals surface area (Å²) in [6.45, 7) is 6.95. The topological polar surface area (TPSA) is 146 Å². The Morgan fingerprint density at radius 1 is 0.528 bits per heavy atom. The highest BCUT2D eigenvalue weighted by molar-refractivity contribution is 5.67. The van der Waals surface area contributed by atoms with Gasteiger partial charge in [-0.05, 0) is 24.3 Å². The van der Waals surface area contributed by atoms with E-state index in [1.54, 1.807) is 12.1 Å². The molecule has 12 nitrogen and oxygen atoms in total. The molecule has 0 amide bonds. The number of ether oxygens (including phenoxy) is 9. The van der Waals surface area contributed by atoms with Crippen LogP contribution in [0.4, 0.5) is 5.69 Å². The third-order valence-corrected chi connectivity index (χ3v) is 4.21. The molecule has 0 heterocycles. The number of carbonyl (C=O) groups is 1. The monoisotopic (exact) mass is 519 g/mol. The number of aliphatic carboxylic acids is 1. The lowest BCUT2D eigenvalue weighted by atomic mass is 10.3. The van der Waals surface area contributed by atoms with Crippen molar-refractivity contribution in [2.75, 3.05) is 118 Å². The lowest BCUT2D eigenvalue weighted by Gasteiger charge is -2.09. The standard InChI is InChI=1S/C24H41NO11/c25-22-1-3-23(4-2-22)36-20-19-34-16-15-32-12-11-30-8-7-28-5-6-29-9-10-31-13-14-33-17-18-35-21-24(26)27/h1-4H,5-21,25H2,(H,26,27). The van der Waals surface area contributed by atoms with E-state index in [9.17, 15) is 4.79 Å². The van der Waals surface area contributed by atoms with Crippen LogP contribution in [0.25, 0.3) is 0 Å². The number of hydrogen-bond donors (Lipinski definition) is 2. The third-order valence-electron chi connectivity index (χ3n) is 4.21. The van der Waals surface area contributed by atoms with E-state index >= 15 is 0 Å². The summed E-state index contributed by atoms with van der Waals surface area (Å²) in [6, 6.07) is 7.23. The van der Waals surface area contributed by atoms with Crippen LogP contribution in [0.3, 0.4) is 0 Å². The predicted molar refractivity (Wildman–Crippen MR) is 131 cm³/mol. The predicted octanol–water partition coefficient (Wildman–Crippen LogP) is 0.865. The quantitative estimate of drug-likeness (QED) is 0.126. The molecule has 0 atom stereocenters. The van der Waals surface area contributed by atoms with Crippen molar-refractivity contribution >= 4 is 11.7 Å². The average molecular weight is 520 g/mol. The van der Waals surface area contributed by atoms with Crippen LogP contribution in [0.2, 0.25) is 0 Å². The molecule has 1 rings (SSSR count). The summed E-state index contributed by atoms with van der Waals surface area (Å²) >= 11 is 0. The molecule has 0 unspecified atom stereocenters. The molecule has 0 aromatic heterocycles. The minimum atomic E-state index is -0.995. The summed E-state index contributed by atoms with van der Waals surface area (Å²) in [5, 5.41) is 8.40. The van der Waals surface area contributed by atoms with E-state index in [1.807, 2.05) is 12.1 Å². The van der Waals surface area contributed by atoms with E-state index in [1.165, 1.54) is 0 Å². The van der Waals surface area contributed by atoms with Gasteiger partial charge in [0, 0.05) is 5.69 Å². The highest BCUT2D eigenvalue weighted by atomic mass is 16.6. The first-order chi connectivity index (χ1) is 17.7. The van der Waals surface area contributed by atoms with Gasteiger partial charge in [0.2, 0.25) is 0 Å². The summed E-state index contributed by atoms with van der Waals surface area (Å²) < 4.78 is 48.1. The van der Waals surface area contributed by atoms with Gasteiger partial charge in [0.1, 0.15) is 19.0 Å².